The van der Waals surface area contributed by atoms with Gasteiger partial charge < -0.3 is 9.64 Å². The fourth-order valence-electron chi connectivity index (χ4n) is 6.01. The monoisotopic (exact) mass is 413 g/mol. The SMILES string of the molecule is COCC1CN(C(=O)C23CCC(c4cc(-c5c(F)cccc5F)nnc42)C3(C)C)C1. The molecule has 1 amide bonds. The summed E-state index contributed by atoms with van der Waals surface area (Å²) in [6.45, 7) is 6.25. The predicted molar refractivity (Wildman–Crippen MR) is 107 cm³/mol. The van der Waals surface area contributed by atoms with Crippen LogP contribution >= 0.6 is 0 Å². The first-order valence-electron chi connectivity index (χ1n) is 10.4. The number of halogens is 2. The number of amides is 1. The van der Waals surface area contributed by atoms with Gasteiger partial charge in [0.2, 0.25) is 5.91 Å². The van der Waals surface area contributed by atoms with E-state index >= 15 is 0 Å². The fourth-order valence-corrected chi connectivity index (χ4v) is 6.01. The van der Waals surface area contributed by atoms with Crippen molar-refractivity contribution < 1.29 is 18.3 Å². The van der Waals surface area contributed by atoms with Gasteiger partial charge in [0.15, 0.2) is 0 Å². The molecule has 1 aromatic carbocycles. The summed E-state index contributed by atoms with van der Waals surface area (Å²) < 4.78 is 33.8. The summed E-state index contributed by atoms with van der Waals surface area (Å²) in [5, 5.41) is 8.61. The van der Waals surface area contributed by atoms with Crippen LogP contribution in [-0.4, -0.2) is 47.8 Å². The lowest BCUT2D eigenvalue weighted by Gasteiger charge is -2.46. The Bertz CT molecular complexity index is 1010. The minimum atomic E-state index is -0.732. The molecule has 2 atom stereocenters. The maximum Gasteiger partial charge on any atom is 0.235 e. The normalized spacial score (nSPS) is 26.6. The molecule has 0 spiro atoms. The molecule has 2 unspecified atom stereocenters. The van der Waals surface area contributed by atoms with Gasteiger partial charge in [0.05, 0.1) is 29.0 Å². The van der Waals surface area contributed by atoms with E-state index < -0.39 is 17.0 Å². The lowest BCUT2D eigenvalue weighted by Crippen LogP contribution is -2.59. The molecule has 2 heterocycles. The van der Waals surface area contributed by atoms with Crippen molar-refractivity contribution in [1.29, 1.82) is 0 Å². The van der Waals surface area contributed by atoms with Gasteiger partial charge in [-0.25, -0.2) is 8.78 Å². The van der Waals surface area contributed by atoms with Gasteiger partial charge in [0.1, 0.15) is 11.6 Å². The van der Waals surface area contributed by atoms with Crippen LogP contribution in [-0.2, 0) is 14.9 Å². The van der Waals surface area contributed by atoms with E-state index in [9.17, 15) is 13.6 Å². The number of rotatable bonds is 4. The molecule has 1 aliphatic heterocycles. The highest BCUT2D eigenvalue weighted by Crippen LogP contribution is 2.68. The summed E-state index contributed by atoms with van der Waals surface area (Å²) >= 11 is 0. The van der Waals surface area contributed by atoms with E-state index in [-0.39, 0.29) is 28.5 Å². The minimum Gasteiger partial charge on any atom is -0.384 e. The Morgan fingerprint density at radius 1 is 1.23 bits per heavy atom. The summed E-state index contributed by atoms with van der Waals surface area (Å²) in [5.74, 6) is -0.754. The summed E-state index contributed by atoms with van der Waals surface area (Å²) in [5.41, 5.74) is 0.536. The first-order valence-corrected chi connectivity index (χ1v) is 10.4. The zero-order valence-electron chi connectivity index (χ0n) is 17.4. The minimum absolute atomic E-state index is 0.0974. The highest BCUT2D eigenvalue weighted by atomic mass is 19.1. The van der Waals surface area contributed by atoms with Gasteiger partial charge in [-0.15, -0.1) is 5.10 Å². The zero-order chi connectivity index (χ0) is 21.3. The number of ether oxygens (including phenoxy) is 1. The molecule has 2 bridgehead atoms. The molecule has 2 aromatic rings. The number of hydrogen-bond acceptors (Lipinski definition) is 4. The second-order valence-corrected chi connectivity index (χ2v) is 9.38. The lowest BCUT2D eigenvalue weighted by molar-refractivity contribution is -0.149. The molecule has 1 aromatic heterocycles. The first-order chi connectivity index (χ1) is 14.3. The molecule has 0 N–H and O–H groups in total. The Hall–Kier alpha value is -2.41. The average Bonchev–Trinajstić information content (AvgIpc) is 3.05. The van der Waals surface area contributed by atoms with Gasteiger partial charge in [-0.05, 0) is 47.9 Å². The predicted octanol–water partition coefficient (Wildman–Crippen LogP) is 3.68. The summed E-state index contributed by atoms with van der Waals surface area (Å²) in [6, 6.07) is 5.51. The van der Waals surface area contributed by atoms with Crippen molar-refractivity contribution in [3.05, 3.63) is 47.2 Å². The largest absolute Gasteiger partial charge is 0.384 e. The Kier molecular flexibility index (Phi) is 4.26. The second kappa shape index (κ2) is 6.54. The highest BCUT2D eigenvalue weighted by Gasteiger charge is 2.68. The van der Waals surface area contributed by atoms with Gasteiger partial charge in [0.25, 0.3) is 0 Å². The number of carbonyl (C=O) groups excluding carboxylic acids is 1. The molecule has 158 valence electrons. The Balaban J connectivity index is 1.56. The number of hydrogen-bond donors (Lipinski definition) is 0. The number of fused-ring (bicyclic) bond motifs is 5. The van der Waals surface area contributed by atoms with Gasteiger partial charge in [-0.3, -0.25) is 4.79 Å². The van der Waals surface area contributed by atoms with Gasteiger partial charge in [0, 0.05) is 26.1 Å². The Labute approximate surface area is 174 Å². The van der Waals surface area contributed by atoms with Crippen LogP contribution in [0.3, 0.4) is 0 Å². The molecule has 7 heteroatoms. The number of aromatic nitrogens is 2. The third kappa shape index (κ3) is 2.38. The smallest absolute Gasteiger partial charge is 0.235 e. The summed E-state index contributed by atoms with van der Waals surface area (Å²) in [4.78, 5) is 15.6. The first kappa shape index (κ1) is 19.5. The maximum absolute atomic E-state index is 14.3. The summed E-state index contributed by atoms with van der Waals surface area (Å²) in [7, 11) is 1.67. The van der Waals surface area contributed by atoms with Crippen LogP contribution in [0.15, 0.2) is 24.3 Å². The standard InChI is InChI=1S/C23H25F2N3O2/c1-22(2)15-7-8-23(22,21(29)28-10-13(11-28)12-30-3)20-14(15)9-18(26-27-20)19-16(24)5-4-6-17(19)25/h4-6,9,13,15H,7-8,10-12H2,1-3H3. The zero-order valence-corrected chi connectivity index (χ0v) is 17.4. The molecule has 0 radical (unpaired) electrons. The molecule has 2 aliphatic carbocycles. The van der Waals surface area contributed by atoms with E-state index in [1.54, 1.807) is 13.2 Å². The molecule has 3 aliphatic rings. The third-order valence-corrected chi connectivity index (χ3v) is 7.61. The van der Waals surface area contributed by atoms with E-state index in [0.29, 0.717) is 31.3 Å². The second-order valence-electron chi connectivity index (χ2n) is 9.38. The lowest BCUT2D eigenvalue weighted by atomic mass is 9.67. The van der Waals surface area contributed by atoms with Crippen LogP contribution in [0.25, 0.3) is 11.3 Å². The van der Waals surface area contributed by atoms with Crippen LogP contribution in [0, 0.1) is 23.0 Å². The highest BCUT2D eigenvalue weighted by molar-refractivity contribution is 5.92. The van der Waals surface area contributed by atoms with E-state index in [2.05, 4.69) is 24.0 Å². The van der Waals surface area contributed by atoms with Crippen molar-refractivity contribution >= 4 is 5.91 Å². The number of carbonyl (C=O) groups is 1. The number of likely N-dealkylation sites (tertiary alicyclic amines) is 1. The molecule has 2 fully saturated rings. The van der Waals surface area contributed by atoms with Crippen molar-refractivity contribution in [2.24, 2.45) is 11.3 Å². The number of methoxy groups -OCH3 is 1. The van der Waals surface area contributed by atoms with E-state index in [1.807, 2.05) is 4.90 Å². The van der Waals surface area contributed by atoms with Crippen LogP contribution in [0.2, 0.25) is 0 Å². The molecule has 1 saturated carbocycles. The molecule has 1 saturated heterocycles. The molecule has 5 nitrogen and oxygen atoms in total. The topological polar surface area (TPSA) is 55.3 Å². The van der Waals surface area contributed by atoms with Crippen LogP contribution < -0.4 is 0 Å². The van der Waals surface area contributed by atoms with E-state index in [0.717, 1.165) is 18.4 Å². The van der Waals surface area contributed by atoms with Crippen molar-refractivity contribution in [2.45, 2.75) is 38.0 Å². The Morgan fingerprint density at radius 2 is 1.93 bits per heavy atom. The van der Waals surface area contributed by atoms with Crippen molar-refractivity contribution in [3.63, 3.8) is 0 Å². The van der Waals surface area contributed by atoms with Crippen LogP contribution in [0.4, 0.5) is 8.78 Å². The number of nitrogens with zero attached hydrogens (tertiary/aromatic N) is 3. The molecular weight excluding hydrogens is 388 g/mol. The van der Waals surface area contributed by atoms with E-state index in [1.165, 1.54) is 18.2 Å². The average molecular weight is 413 g/mol. The maximum atomic E-state index is 14.3. The number of benzene rings is 1. The van der Waals surface area contributed by atoms with Gasteiger partial charge in [-0.1, -0.05) is 19.9 Å². The quantitative estimate of drug-likeness (QED) is 0.767. The third-order valence-electron chi connectivity index (χ3n) is 7.61. The molecular formula is C23H25F2N3O2. The van der Waals surface area contributed by atoms with Crippen LogP contribution in [0.5, 0.6) is 0 Å². The van der Waals surface area contributed by atoms with Crippen molar-refractivity contribution in [1.82, 2.24) is 15.1 Å². The van der Waals surface area contributed by atoms with Crippen LogP contribution in [0.1, 0.15) is 43.9 Å². The van der Waals surface area contributed by atoms with Crippen molar-refractivity contribution in [3.8, 4) is 11.3 Å². The van der Waals surface area contributed by atoms with E-state index in [4.69, 9.17) is 4.74 Å². The molecule has 30 heavy (non-hydrogen) atoms. The summed E-state index contributed by atoms with van der Waals surface area (Å²) in [6.07, 6.45) is 1.58. The van der Waals surface area contributed by atoms with Crippen molar-refractivity contribution in [2.75, 3.05) is 26.8 Å². The fraction of sp³-hybridized carbons (Fsp3) is 0.522. The molecule has 5 rings (SSSR count). The van der Waals surface area contributed by atoms with Gasteiger partial charge >= 0.3 is 0 Å². The van der Waals surface area contributed by atoms with Gasteiger partial charge in [-0.2, -0.15) is 5.10 Å². The Morgan fingerprint density at radius 3 is 2.60 bits per heavy atom.